The van der Waals surface area contributed by atoms with Crippen molar-refractivity contribution < 1.29 is 8.42 Å². The van der Waals surface area contributed by atoms with Crippen LogP contribution in [0.15, 0.2) is 52.7 Å². The maximum Gasteiger partial charge on any atom is 0.281 e. The first-order chi connectivity index (χ1) is 11.0. The number of nitrogens with zero attached hydrogens (tertiary/aromatic N) is 1. The highest BCUT2D eigenvalue weighted by molar-refractivity contribution is 8.17. The summed E-state index contributed by atoms with van der Waals surface area (Å²) in [5.41, 5.74) is 6.02. The second-order valence-corrected chi connectivity index (χ2v) is 10.2. The van der Waals surface area contributed by atoms with Crippen molar-refractivity contribution in [1.29, 1.82) is 0 Å². The maximum absolute atomic E-state index is 12.9. The third kappa shape index (κ3) is 3.72. The molecule has 0 unspecified atom stereocenters. The molecule has 2 aliphatic heterocycles. The Kier molecular flexibility index (Phi) is 4.98. The molecule has 1 fully saturated rings. The van der Waals surface area contributed by atoms with Crippen molar-refractivity contribution in [3.8, 4) is 0 Å². The molecular weight excluding hydrogens is 348 g/mol. The van der Waals surface area contributed by atoms with Gasteiger partial charge in [0, 0.05) is 6.20 Å². The topological polar surface area (TPSA) is 49.4 Å². The number of nitrogens with one attached hydrogen (secondary N) is 1. The van der Waals surface area contributed by atoms with Crippen LogP contribution < -0.4 is 5.43 Å². The van der Waals surface area contributed by atoms with Crippen LogP contribution in [0.2, 0.25) is 0 Å². The Hall–Kier alpha value is -1.05. The van der Waals surface area contributed by atoms with Crippen LogP contribution >= 0.6 is 23.5 Å². The molecule has 0 aliphatic carbocycles. The van der Waals surface area contributed by atoms with Crippen LogP contribution in [0, 0.1) is 6.92 Å². The second-order valence-electron chi connectivity index (χ2n) is 5.63. The van der Waals surface area contributed by atoms with Gasteiger partial charge >= 0.3 is 0 Å². The van der Waals surface area contributed by atoms with Crippen molar-refractivity contribution in [1.82, 2.24) is 9.84 Å². The molecule has 1 aromatic carbocycles. The minimum Gasteiger partial charge on any atom is -0.287 e. The van der Waals surface area contributed by atoms with Gasteiger partial charge in [-0.25, -0.2) is 0 Å². The molecule has 0 radical (unpaired) electrons. The summed E-state index contributed by atoms with van der Waals surface area (Å²) in [5.74, 6) is 2.23. The molecule has 1 aromatic rings. The van der Waals surface area contributed by atoms with E-state index in [0.717, 1.165) is 28.3 Å². The Morgan fingerprint density at radius 3 is 2.43 bits per heavy atom. The van der Waals surface area contributed by atoms with Crippen LogP contribution in [0.5, 0.6) is 0 Å². The number of thioether (sulfide) groups is 2. The highest BCUT2D eigenvalue weighted by atomic mass is 32.2. The minimum atomic E-state index is -3.60. The number of aryl methyl sites for hydroxylation is 1. The molecule has 2 heterocycles. The van der Waals surface area contributed by atoms with E-state index in [-0.39, 0.29) is 4.58 Å². The van der Waals surface area contributed by atoms with Gasteiger partial charge in [-0.3, -0.25) is 5.43 Å². The third-order valence-electron chi connectivity index (χ3n) is 3.60. The number of allylic oxidation sites excluding steroid dienone is 2. The van der Waals surface area contributed by atoms with Crippen LogP contribution in [0.4, 0.5) is 0 Å². The largest absolute Gasteiger partial charge is 0.287 e. The second kappa shape index (κ2) is 6.83. The molecule has 2 aliphatic rings. The molecule has 0 aromatic heterocycles. The summed E-state index contributed by atoms with van der Waals surface area (Å²) >= 11 is 3.73. The fourth-order valence-corrected chi connectivity index (χ4v) is 6.43. The summed E-state index contributed by atoms with van der Waals surface area (Å²) in [6.07, 6.45) is 4.88. The number of benzene rings is 1. The van der Waals surface area contributed by atoms with E-state index in [0.29, 0.717) is 4.90 Å². The van der Waals surface area contributed by atoms with Crippen molar-refractivity contribution in [3.05, 3.63) is 53.4 Å². The first-order valence-corrected chi connectivity index (χ1v) is 11.0. The van der Waals surface area contributed by atoms with Gasteiger partial charge in [-0.05, 0) is 55.6 Å². The monoisotopic (exact) mass is 368 g/mol. The van der Waals surface area contributed by atoms with E-state index in [4.69, 9.17) is 0 Å². The fraction of sp³-hybridized carbons (Fsp3) is 0.375. The normalized spacial score (nSPS) is 19.8. The number of sulfonamides is 1. The average Bonchev–Trinajstić information content (AvgIpc) is 2.55. The summed E-state index contributed by atoms with van der Waals surface area (Å²) in [6.45, 7) is 3.87. The molecule has 0 atom stereocenters. The maximum atomic E-state index is 12.9. The molecule has 0 amide bonds. The van der Waals surface area contributed by atoms with E-state index >= 15 is 0 Å². The predicted octanol–water partition coefficient (Wildman–Crippen LogP) is 3.49. The van der Waals surface area contributed by atoms with E-state index in [2.05, 4.69) is 5.43 Å². The summed E-state index contributed by atoms with van der Waals surface area (Å²) in [4.78, 5) is 0.296. The lowest BCUT2D eigenvalue weighted by molar-refractivity contribution is 0.432. The lowest BCUT2D eigenvalue weighted by Gasteiger charge is -2.32. The van der Waals surface area contributed by atoms with Gasteiger partial charge < -0.3 is 0 Å². The Balaban J connectivity index is 1.86. The average molecular weight is 369 g/mol. The van der Waals surface area contributed by atoms with E-state index in [1.807, 2.05) is 55.6 Å². The van der Waals surface area contributed by atoms with E-state index in [1.54, 1.807) is 18.3 Å². The van der Waals surface area contributed by atoms with Gasteiger partial charge in [-0.1, -0.05) is 17.7 Å². The van der Waals surface area contributed by atoms with Gasteiger partial charge in [-0.15, -0.1) is 23.5 Å². The highest BCUT2D eigenvalue weighted by Crippen LogP contribution is 2.36. The van der Waals surface area contributed by atoms with Gasteiger partial charge in [0.15, 0.2) is 0 Å². The van der Waals surface area contributed by atoms with Gasteiger partial charge in [0.1, 0.15) is 0 Å². The minimum absolute atomic E-state index is 0.267. The van der Waals surface area contributed by atoms with Crippen molar-refractivity contribution in [2.75, 3.05) is 11.5 Å². The Labute approximate surface area is 146 Å². The van der Waals surface area contributed by atoms with Gasteiger partial charge in [-0.2, -0.15) is 12.8 Å². The summed E-state index contributed by atoms with van der Waals surface area (Å²) in [7, 11) is -3.60. The molecule has 1 saturated heterocycles. The van der Waals surface area contributed by atoms with Gasteiger partial charge in [0.25, 0.3) is 10.0 Å². The molecule has 0 bridgehead atoms. The quantitative estimate of drug-likeness (QED) is 0.885. The van der Waals surface area contributed by atoms with Crippen molar-refractivity contribution in [2.24, 2.45) is 0 Å². The highest BCUT2D eigenvalue weighted by Gasteiger charge is 2.28. The van der Waals surface area contributed by atoms with Gasteiger partial charge in [0.2, 0.25) is 0 Å². The van der Waals surface area contributed by atoms with Crippen LogP contribution in [0.1, 0.15) is 18.9 Å². The Bertz CT molecular complexity index is 733. The van der Waals surface area contributed by atoms with Crippen LogP contribution in [-0.2, 0) is 10.0 Å². The van der Waals surface area contributed by atoms with E-state index in [1.165, 1.54) is 10.8 Å². The summed E-state index contributed by atoms with van der Waals surface area (Å²) in [5, 5.41) is 0. The number of rotatable bonds is 3. The lowest BCUT2D eigenvalue weighted by atomic mass is 10.2. The smallest absolute Gasteiger partial charge is 0.281 e. The van der Waals surface area contributed by atoms with Crippen molar-refractivity contribution >= 4 is 33.5 Å². The molecular formula is C16H20N2O2S3. The third-order valence-corrected chi connectivity index (χ3v) is 8.16. The molecule has 23 heavy (non-hydrogen) atoms. The Morgan fingerprint density at radius 1 is 1.13 bits per heavy atom. The SMILES string of the molecule is CC1=CN(S(=O)(=O)c2ccc(C)cc2)NC(C2SCCCS2)=C1. The van der Waals surface area contributed by atoms with Crippen molar-refractivity contribution in [3.63, 3.8) is 0 Å². The molecule has 1 N–H and O–H groups in total. The first kappa shape index (κ1) is 16.8. The summed E-state index contributed by atoms with van der Waals surface area (Å²) in [6, 6.07) is 6.93. The molecule has 124 valence electrons. The summed E-state index contributed by atoms with van der Waals surface area (Å²) < 4.78 is 27.2. The zero-order valence-electron chi connectivity index (χ0n) is 13.2. The first-order valence-electron chi connectivity index (χ1n) is 7.48. The zero-order valence-corrected chi connectivity index (χ0v) is 15.6. The molecule has 7 heteroatoms. The Morgan fingerprint density at radius 2 is 1.78 bits per heavy atom. The van der Waals surface area contributed by atoms with Crippen LogP contribution in [-0.4, -0.2) is 28.9 Å². The fourth-order valence-electron chi connectivity index (χ4n) is 2.40. The van der Waals surface area contributed by atoms with Crippen LogP contribution in [0.3, 0.4) is 0 Å². The van der Waals surface area contributed by atoms with E-state index in [9.17, 15) is 8.42 Å². The van der Waals surface area contributed by atoms with Crippen LogP contribution in [0.25, 0.3) is 0 Å². The lowest BCUT2D eigenvalue weighted by Crippen LogP contribution is -2.42. The standard InChI is InChI=1S/C16H20N2O2S3/c1-12-4-6-14(7-5-12)23(19,20)18-11-13(2)10-15(17-18)16-21-8-3-9-22-16/h4-7,10-11,16-17H,3,8-9H2,1-2H3. The zero-order chi connectivity index (χ0) is 16.4. The molecule has 4 nitrogen and oxygen atoms in total. The van der Waals surface area contributed by atoms with Crippen molar-refractivity contribution in [2.45, 2.75) is 29.7 Å². The number of hydrogen-bond donors (Lipinski definition) is 1. The molecule has 0 saturated carbocycles. The van der Waals surface area contributed by atoms with E-state index < -0.39 is 10.0 Å². The number of hydrogen-bond acceptors (Lipinski definition) is 5. The number of hydrazine groups is 1. The molecule has 3 rings (SSSR count). The molecule has 0 spiro atoms. The predicted molar refractivity (Wildman–Crippen MR) is 98.5 cm³/mol. The van der Waals surface area contributed by atoms with Gasteiger partial charge in [0.05, 0.1) is 15.2 Å².